The predicted octanol–water partition coefficient (Wildman–Crippen LogP) is 2.44. The molecule has 0 aliphatic carbocycles. The predicted molar refractivity (Wildman–Crippen MR) is 76.8 cm³/mol. The van der Waals surface area contributed by atoms with Crippen LogP contribution in [0.25, 0.3) is 0 Å². The molecular formula is C15H25FN2O. The normalized spacial score (nSPS) is 13.2. The molecule has 1 aromatic carbocycles. The number of hydrogen-bond acceptors (Lipinski definition) is 3. The number of nitrogens with one attached hydrogen (secondary N) is 1. The maximum absolute atomic E-state index is 13.8. The zero-order chi connectivity index (χ0) is 14.3. The second kappa shape index (κ2) is 8.25. The molecule has 108 valence electrons. The molecule has 0 aliphatic heterocycles. The third-order valence-electron chi connectivity index (χ3n) is 3.36. The SMILES string of the molecule is CNC(CN(CCOC)C(C)C)c1ccccc1F. The zero-order valence-electron chi connectivity index (χ0n) is 12.3. The van der Waals surface area contributed by atoms with Gasteiger partial charge in [-0.3, -0.25) is 4.90 Å². The molecule has 3 nitrogen and oxygen atoms in total. The summed E-state index contributed by atoms with van der Waals surface area (Å²) in [5.41, 5.74) is 0.716. The van der Waals surface area contributed by atoms with Crippen molar-refractivity contribution in [2.75, 3.05) is 33.9 Å². The summed E-state index contributed by atoms with van der Waals surface area (Å²) in [6, 6.07) is 7.33. The molecule has 1 rings (SSSR count). The van der Waals surface area contributed by atoms with Crippen molar-refractivity contribution in [2.24, 2.45) is 0 Å². The standard InChI is InChI=1S/C15H25FN2O/c1-12(2)18(9-10-19-4)11-15(17-3)13-7-5-6-8-14(13)16/h5-8,12,15,17H,9-11H2,1-4H3. The number of rotatable bonds is 8. The highest BCUT2D eigenvalue weighted by molar-refractivity contribution is 5.21. The number of ether oxygens (including phenoxy) is 1. The van der Waals surface area contributed by atoms with E-state index >= 15 is 0 Å². The number of halogens is 1. The largest absolute Gasteiger partial charge is 0.383 e. The monoisotopic (exact) mass is 268 g/mol. The van der Waals surface area contributed by atoms with Crippen molar-refractivity contribution in [1.29, 1.82) is 0 Å². The van der Waals surface area contributed by atoms with Gasteiger partial charge >= 0.3 is 0 Å². The number of methoxy groups -OCH3 is 1. The van der Waals surface area contributed by atoms with Gasteiger partial charge in [0.15, 0.2) is 0 Å². The molecule has 0 saturated carbocycles. The molecule has 0 bridgehead atoms. The lowest BCUT2D eigenvalue weighted by Gasteiger charge is -2.30. The van der Waals surface area contributed by atoms with E-state index in [1.54, 1.807) is 13.2 Å². The van der Waals surface area contributed by atoms with E-state index < -0.39 is 0 Å². The van der Waals surface area contributed by atoms with Crippen LogP contribution in [0.15, 0.2) is 24.3 Å². The quantitative estimate of drug-likeness (QED) is 0.784. The summed E-state index contributed by atoms with van der Waals surface area (Å²) >= 11 is 0. The summed E-state index contributed by atoms with van der Waals surface area (Å²) in [4.78, 5) is 2.29. The van der Waals surface area contributed by atoms with Crippen molar-refractivity contribution in [3.05, 3.63) is 35.6 Å². The van der Waals surface area contributed by atoms with Crippen LogP contribution in [0.4, 0.5) is 4.39 Å². The van der Waals surface area contributed by atoms with E-state index in [0.29, 0.717) is 18.2 Å². The van der Waals surface area contributed by atoms with Gasteiger partial charge in [0, 0.05) is 37.8 Å². The molecule has 0 spiro atoms. The lowest BCUT2D eigenvalue weighted by atomic mass is 10.1. The Balaban J connectivity index is 2.76. The zero-order valence-corrected chi connectivity index (χ0v) is 12.3. The minimum atomic E-state index is -0.155. The fraction of sp³-hybridized carbons (Fsp3) is 0.600. The minimum Gasteiger partial charge on any atom is -0.383 e. The molecule has 0 saturated heterocycles. The van der Waals surface area contributed by atoms with E-state index in [0.717, 1.165) is 13.1 Å². The molecular weight excluding hydrogens is 243 g/mol. The van der Waals surface area contributed by atoms with E-state index in [4.69, 9.17) is 4.74 Å². The topological polar surface area (TPSA) is 24.5 Å². The third-order valence-corrected chi connectivity index (χ3v) is 3.36. The Hall–Kier alpha value is -0.970. The van der Waals surface area contributed by atoms with Crippen LogP contribution in [0.3, 0.4) is 0 Å². The van der Waals surface area contributed by atoms with E-state index in [1.807, 2.05) is 19.2 Å². The van der Waals surface area contributed by atoms with Gasteiger partial charge in [-0.1, -0.05) is 18.2 Å². The average molecular weight is 268 g/mol. The summed E-state index contributed by atoms with van der Waals surface area (Å²) in [5, 5.41) is 3.20. The molecule has 1 N–H and O–H groups in total. The first-order valence-corrected chi connectivity index (χ1v) is 6.74. The van der Waals surface area contributed by atoms with Crippen molar-refractivity contribution in [3.8, 4) is 0 Å². The van der Waals surface area contributed by atoms with Crippen LogP contribution in [0.2, 0.25) is 0 Å². The molecule has 0 heterocycles. The highest BCUT2D eigenvalue weighted by atomic mass is 19.1. The Morgan fingerprint density at radius 2 is 2.00 bits per heavy atom. The van der Waals surface area contributed by atoms with E-state index in [1.165, 1.54) is 6.07 Å². The van der Waals surface area contributed by atoms with Gasteiger partial charge in [0.25, 0.3) is 0 Å². The van der Waals surface area contributed by atoms with Gasteiger partial charge in [-0.2, -0.15) is 0 Å². The lowest BCUT2D eigenvalue weighted by Crippen LogP contribution is -2.40. The number of benzene rings is 1. The van der Waals surface area contributed by atoms with Crippen LogP contribution in [-0.4, -0.2) is 44.8 Å². The number of hydrogen-bond donors (Lipinski definition) is 1. The van der Waals surface area contributed by atoms with Gasteiger partial charge in [0.05, 0.1) is 6.61 Å². The highest BCUT2D eigenvalue weighted by Gasteiger charge is 2.19. The highest BCUT2D eigenvalue weighted by Crippen LogP contribution is 2.18. The molecule has 1 atom stereocenters. The molecule has 19 heavy (non-hydrogen) atoms. The van der Waals surface area contributed by atoms with Gasteiger partial charge in [0.1, 0.15) is 5.82 Å². The van der Waals surface area contributed by atoms with Crippen LogP contribution in [0.5, 0.6) is 0 Å². The Morgan fingerprint density at radius 1 is 1.32 bits per heavy atom. The molecule has 0 aliphatic rings. The fourth-order valence-corrected chi connectivity index (χ4v) is 2.11. The molecule has 1 unspecified atom stereocenters. The maximum Gasteiger partial charge on any atom is 0.128 e. The number of nitrogens with zero attached hydrogens (tertiary/aromatic N) is 1. The van der Waals surface area contributed by atoms with Crippen molar-refractivity contribution in [2.45, 2.75) is 25.9 Å². The van der Waals surface area contributed by atoms with Crippen LogP contribution >= 0.6 is 0 Å². The van der Waals surface area contributed by atoms with Crippen LogP contribution in [-0.2, 0) is 4.74 Å². The summed E-state index contributed by atoms with van der Waals surface area (Å²) in [6.07, 6.45) is 0. The van der Waals surface area contributed by atoms with Crippen molar-refractivity contribution < 1.29 is 9.13 Å². The first-order valence-electron chi connectivity index (χ1n) is 6.74. The summed E-state index contributed by atoms with van der Waals surface area (Å²) in [6.45, 7) is 6.58. The van der Waals surface area contributed by atoms with E-state index in [2.05, 4.69) is 24.1 Å². The third kappa shape index (κ3) is 4.90. The average Bonchev–Trinajstić information content (AvgIpc) is 2.40. The first kappa shape index (κ1) is 16.1. The van der Waals surface area contributed by atoms with Crippen molar-refractivity contribution in [1.82, 2.24) is 10.2 Å². The Bertz CT molecular complexity index is 371. The Labute approximate surface area is 115 Å². The first-order chi connectivity index (χ1) is 9.10. The van der Waals surface area contributed by atoms with Gasteiger partial charge in [-0.25, -0.2) is 4.39 Å². The summed E-state index contributed by atoms with van der Waals surface area (Å²) < 4.78 is 19.0. The van der Waals surface area contributed by atoms with Crippen molar-refractivity contribution >= 4 is 0 Å². The number of likely N-dealkylation sites (N-methyl/N-ethyl adjacent to an activating group) is 1. The second-order valence-corrected chi connectivity index (χ2v) is 4.94. The maximum atomic E-state index is 13.8. The van der Waals surface area contributed by atoms with Gasteiger partial charge in [0.2, 0.25) is 0 Å². The molecule has 0 fully saturated rings. The smallest absolute Gasteiger partial charge is 0.128 e. The fourth-order valence-electron chi connectivity index (χ4n) is 2.11. The van der Waals surface area contributed by atoms with E-state index in [-0.39, 0.29) is 11.9 Å². The molecule has 0 amide bonds. The van der Waals surface area contributed by atoms with Crippen LogP contribution in [0, 0.1) is 5.82 Å². The van der Waals surface area contributed by atoms with Crippen molar-refractivity contribution in [3.63, 3.8) is 0 Å². The van der Waals surface area contributed by atoms with Gasteiger partial charge < -0.3 is 10.1 Å². The van der Waals surface area contributed by atoms with Crippen LogP contribution < -0.4 is 5.32 Å². The molecule has 0 aromatic heterocycles. The van der Waals surface area contributed by atoms with Gasteiger partial charge in [-0.05, 0) is 27.0 Å². The van der Waals surface area contributed by atoms with E-state index in [9.17, 15) is 4.39 Å². The lowest BCUT2D eigenvalue weighted by molar-refractivity contribution is 0.121. The Morgan fingerprint density at radius 3 is 2.53 bits per heavy atom. The van der Waals surface area contributed by atoms with Gasteiger partial charge in [-0.15, -0.1) is 0 Å². The molecule has 0 radical (unpaired) electrons. The molecule has 1 aromatic rings. The summed E-state index contributed by atoms with van der Waals surface area (Å²) in [5.74, 6) is -0.155. The molecule has 4 heteroatoms. The second-order valence-electron chi connectivity index (χ2n) is 4.94. The minimum absolute atomic E-state index is 0.0135. The Kier molecular flexibility index (Phi) is 6.99. The van der Waals surface area contributed by atoms with Crippen LogP contribution in [0.1, 0.15) is 25.5 Å². The summed E-state index contributed by atoms with van der Waals surface area (Å²) in [7, 11) is 3.57.